The molecule has 0 bridgehead atoms. The molecule has 0 radical (unpaired) electrons. The van der Waals surface area contributed by atoms with Gasteiger partial charge in [0, 0.05) is 37.2 Å². The highest BCUT2D eigenvalue weighted by Crippen LogP contribution is 2.40. The van der Waals surface area contributed by atoms with E-state index in [0.717, 1.165) is 24.8 Å². The summed E-state index contributed by atoms with van der Waals surface area (Å²) >= 11 is 0. The second-order valence-electron chi connectivity index (χ2n) is 10.8. The van der Waals surface area contributed by atoms with E-state index in [1.54, 1.807) is 4.68 Å². The van der Waals surface area contributed by atoms with Crippen molar-refractivity contribution in [2.24, 2.45) is 5.41 Å². The zero-order chi connectivity index (χ0) is 24.1. The number of aliphatic hydroxyl groups excluding tert-OH is 1. The lowest BCUT2D eigenvalue weighted by molar-refractivity contribution is -0.144. The lowest BCUT2D eigenvalue weighted by Gasteiger charge is -2.38. The van der Waals surface area contributed by atoms with Crippen LogP contribution < -0.4 is 10.0 Å². The summed E-state index contributed by atoms with van der Waals surface area (Å²) in [6.45, 7) is 5.91. The molecule has 1 saturated heterocycles. The van der Waals surface area contributed by atoms with Crippen molar-refractivity contribution in [2.75, 3.05) is 12.8 Å². The minimum absolute atomic E-state index is 0.0800. The predicted octanol–water partition coefficient (Wildman–Crippen LogP) is -0.0991. The van der Waals surface area contributed by atoms with Crippen LogP contribution in [0.15, 0.2) is 6.20 Å². The summed E-state index contributed by atoms with van der Waals surface area (Å²) in [6, 6.07) is -1.81. The molecule has 1 aromatic rings. The number of carbonyl (C=O) groups excluding carboxylic acids is 2. The minimum Gasteiger partial charge on any atom is -0.391 e. The number of β-amino-alcohol motifs (C(OH)–C–C–N with tert-alkyl or cyclic N) is 1. The summed E-state index contributed by atoms with van der Waals surface area (Å²) < 4.78 is 26.8. The van der Waals surface area contributed by atoms with Gasteiger partial charge in [-0.2, -0.15) is 0 Å². The summed E-state index contributed by atoms with van der Waals surface area (Å²) in [6.07, 6.45) is 5.46. The van der Waals surface area contributed by atoms with Crippen LogP contribution in [-0.4, -0.2) is 82.3 Å². The summed E-state index contributed by atoms with van der Waals surface area (Å²) in [5.74, 6) is -0.186. The first-order valence-electron chi connectivity index (χ1n) is 11.5. The highest BCUT2D eigenvalue weighted by molar-refractivity contribution is 7.88. The summed E-state index contributed by atoms with van der Waals surface area (Å²) in [5, 5.41) is 21.7. The minimum atomic E-state index is -3.29. The number of rotatable bonds is 7. The first-order chi connectivity index (χ1) is 15.3. The Labute approximate surface area is 194 Å². The fourth-order valence-electron chi connectivity index (χ4n) is 4.76. The first kappa shape index (κ1) is 24.1. The van der Waals surface area contributed by atoms with Crippen molar-refractivity contribution in [1.82, 2.24) is 29.9 Å². The molecular formula is C21H34N6O5S. The largest absolute Gasteiger partial charge is 0.391 e. The molecule has 3 fully saturated rings. The van der Waals surface area contributed by atoms with E-state index in [0.29, 0.717) is 18.8 Å². The molecule has 0 spiro atoms. The predicted molar refractivity (Wildman–Crippen MR) is 120 cm³/mol. The van der Waals surface area contributed by atoms with E-state index in [1.165, 1.54) is 4.90 Å². The molecule has 2 heterocycles. The third-order valence-corrected chi connectivity index (χ3v) is 7.33. The van der Waals surface area contributed by atoms with Crippen LogP contribution in [0, 0.1) is 5.41 Å². The number of nitrogens with zero attached hydrogens (tertiary/aromatic N) is 4. The van der Waals surface area contributed by atoms with Crippen molar-refractivity contribution in [3.05, 3.63) is 11.9 Å². The molecule has 11 nitrogen and oxygen atoms in total. The first-order valence-corrected chi connectivity index (χ1v) is 13.4. The Morgan fingerprint density at radius 1 is 1.18 bits per heavy atom. The van der Waals surface area contributed by atoms with Gasteiger partial charge < -0.3 is 15.3 Å². The Kier molecular flexibility index (Phi) is 6.29. The molecule has 3 N–H and O–H groups in total. The number of sulfonamides is 1. The Morgan fingerprint density at radius 2 is 1.85 bits per heavy atom. The van der Waals surface area contributed by atoms with Gasteiger partial charge in [0.05, 0.1) is 18.1 Å². The van der Waals surface area contributed by atoms with Gasteiger partial charge >= 0.3 is 0 Å². The molecule has 1 aliphatic heterocycles. The maximum atomic E-state index is 13.7. The van der Waals surface area contributed by atoms with E-state index in [4.69, 9.17) is 0 Å². The van der Waals surface area contributed by atoms with Gasteiger partial charge in [-0.15, -0.1) is 5.10 Å². The van der Waals surface area contributed by atoms with Gasteiger partial charge in [-0.25, -0.2) is 17.8 Å². The molecule has 2 saturated carbocycles. The molecule has 3 aliphatic rings. The Hall–Kier alpha value is -2.05. The molecule has 4 rings (SSSR count). The third-order valence-electron chi connectivity index (χ3n) is 6.57. The highest BCUT2D eigenvalue weighted by atomic mass is 32.2. The maximum absolute atomic E-state index is 13.7. The number of likely N-dealkylation sites (tertiary alicyclic amines) is 1. The van der Waals surface area contributed by atoms with Crippen LogP contribution in [0.4, 0.5) is 0 Å². The molecule has 2 amide bonds. The van der Waals surface area contributed by atoms with Crippen molar-refractivity contribution in [3.63, 3.8) is 0 Å². The van der Waals surface area contributed by atoms with Crippen LogP contribution in [0.3, 0.4) is 0 Å². The summed E-state index contributed by atoms with van der Waals surface area (Å²) in [7, 11) is -3.29. The molecular weight excluding hydrogens is 448 g/mol. The number of aromatic nitrogens is 3. The zero-order valence-corrected chi connectivity index (χ0v) is 20.4. The monoisotopic (exact) mass is 482 g/mol. The van der Waals surface area contributed by atoms with Gasteiger partial charge in [0.2, 0.25) is 21.8 Å². The Bertz CT molecular complexity index is 1010. The second kappa shape index (κ2) is 8.62. The molecule has 0 unspecified atom stereocenters. The van der Waals surface area contributed by atoms with Crippen molar-refractivity contribution < 1.29 is 23.1 Å². The quantitative estimate of drug-likeness (QED) is 0.492. The third kappa shape index (κ3) is 5.55. The smallest absolute Gasteiger partial charge is 0.248 e. The number of hydrogen-bond acceptors (Lipinski definition) is 7. The average molecular weight is 483 g/mol. The SMILES string of the molecule is CC(C)(C)[C@@H](C(=O)N1C[C@H](O)C[C@H]1C(=O)NC1CC(NS(C)(=O)=O)C1)n1cc(C2CC2)nn1. The van der Waals surface area contributed by atoms with Gasteiger partial charge in [0.25, 0.3) is 0 Å². The fraction of sp³-hybridized carbons (Fsp3) is 0.810. The number of amides is 2. The normalized spacial score (nSPS) is 28.9. The van der Waals surface area contributed by atoms with Crippen LogP contribution in [0.25, 0.3) is 0 Å². The van der Waals surface area contributed by atoms with Gasteiger partial charge in [-0.3, -0.25) is 9.59 Å². The molecule has 1 aromatic heterocycles. The van der Waals surface area contributed by atoms with E-state index in [-0.39, 0.29) is 36.9 Å². The molecule has 33 heavy (non-hydrogen) atoms. The van der Waals surface area contributed by atoms with Crippen molar-refractivity contribution in [3.8, 4) is 0 Å². The number of hydrogen-bond donors (Lipinski definition) is 3. The van der Waals surface area contributed by atoms with Crippen LogP contribution in [0.2, 0.25) is 0 Å². The molecule has 0 aromatic carbocycles. The van der Waals surface area contributed by atoms with Crippen LogP contribution >= 0.6 is 0 Å². The Morgan fingerprint density at radius 3 is 2.42 bits per heavy atom. The van der Waals surface area contributed by atoms with Gasteiger partial charge in [0.15, 0.2) is 0 Å². The van der Waals surface area contributed by atoms with E-state index in [2.05, 4.69) is 20.4 Å². The highest BCUT2D eigenvalue weighted by Gasteiger charge is 2.46. The van der Waals surface area contributed by atoms with Crippen molar-refractivity contribution in [1.29, 1.82) is 0 Å². The van der Waals surface area contributed by atoms with Crippen LogP contribution in [0.1, 0.15) is 70.5 Å². The summed E-state index contributed by atoms with van der Waals surface area (Å²) in [4.78, 5) is 28.2. The lowest BCUT2D eigenvalue weighted by atomic mass is 9.85. The van der Waals surface area contributed by atoms with E-state index < -0.39 is 33.6 Å². The standard InChI is InChI=1S/C21H34N6O5S/c1-21(2,3)18(27-11-16(23-25-27)12-5-6-12)20(30)26-10-15(28)9-17(26)19(29)22-13-7-14(8-13)24-33(4,31)32/h11-15,17-18,24,28H,5-10H2,1-4H3,(H,22,29)/t13?,14?,15-,17+,18-/m1/s1. The van der Waals surface area contributed by atoms with E-state index in [1.807, 2.05) is 27.0 Å². The fourth-order valence-corrected chi connectivity index (χ4v) is 5.56. The van der Waals surface area contributed by atoms with E-state index >= 15 is 0 Å². The topological polar surface area (TPSA) is 147 Å². The molecule has 3 atom stereocenters. The average Bonchev–Trinajstić information content (AvgIpc) is 3.26. The van der Waals surface area contributed by atoms with Gasteiger partial charge in [-0.05, 0) is 31.1 Å². The van der Waals surface area contributed by atoms with Gasteiger partial charge in [-0.1, -0.05) is 26.0 Å². The lowest BCUT2D eigenvalue weighted by Crippen LogP contribution is -2.57. The van der Waals surface area contributed by atoms with Crippen LogP contribution in [0.5, 0.6) is 0 Å². The molecule has 12 heteroatoms. The van der Waals surface area contributed by atoms with Crippen molar-refractivity contribution >= 4 is 21.8 Å². The van der Waals surface area contributed by atoms with E-state index in [9.17, 15) is 23.1 Å². The molecule has 2 aliphatic carbocycles. The Balaban J connectivity index is 1.45. The zero-order valence-electron chi connectivity index (χ0n) is 19.6. The second-order valence-corrected chi connectivity index (χ2v) is 12.6. The maximum Gasteiger partial charge on any atom is 0.248 e. The number of carbonyl (C=O) groups is 2. The van der Waals surface area contributed by atoms with Gasteiger partial charge in [0.1, 0.15) is 12.1 Å². The summed E-state index contributed by atoms with van der Waals surface area (Å²) in [5.41, 5.74) is 0.397. The van der Waals surface area contributed by atoms with Crippen molar-refractivity contribution in [2.45, 2.75) is 89.1 Å². The van der Waals surface area contributed by atoms with Crippen LogP contribution in [-0.2, 0) is 19.6 Å². The number of nitrogens with one attached hydrogen (secondary N) is 2. The number of aliphatic hydroxyl groups is 1. The molecule has 184 valence electrons.